The molecular formula is C12H12N4O4. The molecule has 0 saturated heterocycles. The molecule has 0 aliphatic carbocycles. The number of aromatic nitrogens is 4. The number of carboxylic acid groups (broad SMARTS) is 1. The fourth-order valence-corrected chi connectivity index (χ4v) is 1.96. The number of nitrogens with zero attached hydrogens (tertiary/aromatic N) is 4. The van der Waals surface area contributed by atoms with Crippen LogP contribution < -0.4 is 9.47 Å². The topological polar surface area (TPSA) is 99.4 Å². The molecule has 1 N–H and O–H groups in total. The first-order valence-electron chi connectivity index (χ1n) is 6.00. The molecule has 2 aromatic rings. The van der Waals surface area contributed by atoms with Crippen molar-refractivity contribution in [3.8, 4) is 11.5 Å². The molecule has 0 fully saturated rings. The monoisotopic (exact) mass is 276 g/mol. The fraction of sp³-hybridized carbons (Fsp3) is 0.333. The molecule has 0 amide bonds. The first-order valence-corrected chi connectivity index (χ1v) is 6.00. The lowest BCUT2D eigenvalue weighted by Crippen LogP contribution is -2.24. The molecule has 104 valence electrons. The van der Waals surface area contributed by atoms with E-state index in [4.69, 9.17) is 14.6 Å². The predicted molar refractivity (Wildman–Crippen MR) is 65.3 cm³/mol. The summed E-state index contributed by atoms with van der Waals surface area (Å²) in [5, 5.41) is 20.4. The lowest BCUT2D eigenvalue weighted by molar-refractivity contribution is -0.144. The Labute approximate surface area is 113 Å². The van der Waals surface area contributed by atoms with Gasteiger partial charge < -0.3 is 14.6 Å². The van der Waals surface area contributed by atoms with Crippen molar-refractivity contribution in [1.29, 1.82) is 0 Å². The van der Waals surface area contributed by atoms with E-state index in [1.807, 2.05) is 0 Å². The lowest BCUT2D eigenvalue weighted by atomic mass is 10.1. The van der Waals surface area contributed by atoms with Gasteiger partial charge in [0.15, 0.2) is 12.7 Å². The third kappa shape index (κ3) is 2.40. The van der Waals surface area contributed by atoms with Crippen LogP contribution in [0.5, 0.6) is 11.5 Å². The van der Waals surface area contributed by atoms with Gasteiger partial charge in [0, 0.05) is 12.5 Å². The Morgan fingerprint density at radius 2 is 2.45 bits per heavy atom. The Morgan fingerprint density at radius 1 is 1.60 bits per heavy atom. The molecule has 2 heterocycles. The number of ether oxygens (including phenoxy) is 2. The molecule has 1 aliphatic heterocycles. The van der Waals surface area contributed by atoms with Crippen molar-refractivity contribution in [1.82, 2.24) is 20.2 Å². The summed E-state index contributed by atoms with van der Waals surface area (Å²) in [4.78, 5) is 12.2. The number of aliphatic carboxylic acids is 1. The summed E-state index contributed by atoms with van der Waals surface area (Å²) < 4.78 is 10.9. The van der Waals surface area contributed by atoms with Crippen molar-refractivity contribution in [3.05, 3.63) is 29.6 Å². The zero-order valence-corrected chi connectivity index (χ0v) is 10.7. The third-order valence-corrected chi connectivity index (χ3v) is 2.91. The van der Waals surface area contributed by atoms with Crippen LogP contribution in [-0.2, 0) is 24.9 Å². The number of carboxylic acids is 1. The van der Waals surface area contributed by atoms with Crippen LogP contribution in [0.4, 0.5) is 0 Å². The maximum Gasteiger partial charge on any atom is 0.345 e. The molecular weight excluding hydrogens is 264 g/mol. The molecule has 8 heteroatoms. The summed E-state index contributed by atoms with van der Waals surface area (Å²) in [5.41, 5.74) is 0.863. The highest BCUT2D eigenvalue weighted by Gasteiger charge is 2.28. The van der Waals surface area contributed by atoms with Gasteiger partial charge in [-0.3, -0.25) is 0 Å². The van der Waals surface area contributed by atoms with Gasteiger partial charge in [-0.1, -0.05) is 6.07 Å². The summed E-state index contributed by atoms with van der Waals surface area (Å²) in [6, 6.07) is 5.25. The van der Waals surface area contributed by atoms with Crippen LogP contribution in [0.25, 0.3) is 0 Å². The zero-order chi connectivity index (χ0) is 14.1. The van der Waals surface area contributed by atoms with Crippen molar-refractivity contribution >= 4 is 5.97 Å². The fourth-order valence-electron chi connectivity index (χ4n) is 1.96. The van der Waals surface area contributed by atoms with Gasteiger partial charge in [0.1, 0.15) is 11.5 Å². The van der Waals surface area contributed by atoms with E-state index in [0.29, 0.717) is 23.7 Å². The molecule has 1 unspecified atom stereocenters. The van der Waals surface area contributed by atoms with E-state index < -0.39 is 12.1 Å². The Morgan fingerprint density at radius 3 is 3.15 bits per heavy atom. The first kappa shape index (κ1) is 12.4. The van der Waals surface area contributed by atoms with E-state index in [-0.39, 0.29) is 6.61 Å². The summed E-state index contributed by atoms with van der Waals surface area (Å²) in [6.45, 7) is 0.189. The van der Waals surface area contributed by atoms with Crippen LogP contribution in [0.2, 0.25) is 0 Å². The summed E-state index contributed by atoms with van der Waals surface area (Å²) in [5.74, 6) is 0.619. The molecule has 1 atom stereocenters. The van der Waals surface area contributed by atoms with E-state index >= 15 is 0 Å². The van der Waals surface area contributed by atoms with Crippen LogP contribution in [-0.4, -0.2) is 37.4 Å². The van der Waals surface area contributed by atoms with E-state index in [9.17, 15) is 4.79 Å². The minimum atomic E-state index is -0.965. The van der Waals surface area contributed by atoms with E-state index in [1.165, 1.54) is 4.80 Å². The second kappa shape index (κ2) is 4.80. The summed E-state index contributed by atoms with van der Waals surface area (Å²) >= 11 is 0. The van der Waals surface area contributed by atoms with Gasteiger partial charge in [-0.2, -0.15) is 4.80 Å². The highest BCUT2D eigenvalue weighted by molar-refractivity contribution is 5.74. The quantitative estimate of drug-likeness (QED) is 0.850. The summed E-state index contributed by atoms with van der Waals surface area (Å²) in [6.07, 6.45) is -0.446. The number of fused-ring (bicyclic) bond motifs is 1. The van der Waals surface area contributed by atoms with Crippen molar-refractivity contribution in [2.75, 3.05) is 0 Å². The van der Waals surface area contributed by atoms with Gasteiger partial charge in [-0.25, -0.2) is 4.79 Å². The third-order valence-electron chi connectivity index (χ3n) is 2.91. The molecule has 3 rings (SSSR count). The van der Waals surface area contributed by atoms with E-state index in [2.05, 4.69) is 15.4 Å². The maximum atomic E-state index is 10.9. The van der Waals surface area contributed by atoms with Gasteiger partial charge in [-0.15, -0.1) is 10.2 Å². The first-order chi connectivity index (χ1) is 9.61. The largest absolute Gasteiger partial charge is 0.485 e. The molecule has 0 saturated carbocycles. The van der Waals surface area contributed by atoms with Crippen LogP contribution in [0.15, 0.2) is 18.2 Å². The Bertz CT molecular complexity index is 655. The second-order valence-electron chi connectivity index (χ2n) is 4.40. The van der Waals surface area contributed by atoms with Crippen LogP contribution in [0.1, 0.15) is 11.4 Å². The van der Waals surface area contributed by atoms with Crippen molar-refractivity contribution in [2.24, 2.45) is 7.05 Å². The SMILES string of the molecule is Cn1nnc(COc2ccc3c(c2)OC(C(=O)O)C3)n1. The molecule has 0 radical (unpaired) electrons. The maximum absolute atomic E-state index is 10.9. The van der Waals surface area contributed by atoms with E-state index in [1.54, 1.807) is 25.2 Å². The molecule has 0 spiro atoms. The Kier molecular flexibility index (Phi) is 2.97. The average molecular weight is 276 g/mol. The number of aryl methyl sites for hydroxylation is 1. The summed E-state index contributed by atoms with van der Waals surface area (Å²) in [7, 11) is 1.67. The molecule has 1 aromatic carbocycles. The van der Waals surface area contributed by atoms with Crippen molar-refractivity contribution in [3.63, 3.8) is 0 Å². The predicted octanol–water partition coefficient (Wildman–Crippen LogP) is 0.177. The number of hydrogen-bond acceptors (Lipinski definition) is 6. The zero-order valence-electron chi connectivity index (χ0n) is 10.7. The average Bonchev–Trinajstić information content (AvgIpc) is 3.01. The normalized spacial score (nSPS) is 16.6. The van der Waals surface area contributed by atoms with Crippen LogP contribution in [0.3, 0.4) is 0 Å². The van der Waals surface area contributed by atoms with Gasteiger partial charge in [0.25, 0.3) is 0 Å². The van der Waals surface area contributed by atoms with Gasteiger partial charge in [0.2, 0.25) is 5.82 Å². The minimum absolute atomic E-state index is 0.189. The highest BCUT2D eigenvalue weighted by atomic mass is 16.5. The number of rotatable bonds is 4. The standard InChI is InChI=1S/C12H12N4O4/c1-16-14-11(13-15-16)6-19-8-3-2-7-4-10(12(17)18)20-9(7)5-8/h2-3,5,10H,4,6H2,1H3,(H,17,18). The second-order valence-corrected chi connectivity index (χ2v) is 4.40. The highest BCUT2D eigenvalue weighted by Crippen LogP contribution is 2.32. The molecule has 20 heavy (non-hydrogen) atoms. The Balaban J connectivity index is 1.68. The molecule has 0 bridgehead atoms. The van der Waals surface area contributed by atoms with Crippen molar-refractivity contribution in [2.45, 2.75) is 19.1 Å². The van der Waals surface area contributed by atoms with E-state index in [0.717, 1.165) is 5.56 Å². The molecule has 1 aliphatic rings. The minimum Gasteiger partial charge on any atom is -0.485 e. The molecule has 1 aromatic heterocycles. The number of benzene rings is 1. The Hall–Kier alpha value is -2.64. The number of carbonyl (C=O) groups is 1. The van der Waals surface area contributed by atoms with Gasteiger partial charge in [-0.05, 0) is 16.8 Å². The van der Waals surface area contributed by atoms with Crippen LogP contribution in [0, 0.1) is 0 Å². The van der Waals surface area contributed by atoms with Crippen LogP contribution >= 0.6 is 0 Å². The smallest absolute Gasteiger partial charge is 0.345 e. The number of hydrogen-bond donors (Lipinski definition) is 1. The van der Waals surface area contributed by atoms with Crippen molar-refractivity contribution < 1.29 is 19.4 Å². The van der Waals surface area contributed by atoms with Gasteiger partial charge in [0.05, 0.1) is 7.05 Å². The lowest BCUT2D eigenvalue weighted by Gasteiger charge is -2.06. The van der Waals surface area contributed by atoms with Gasteiger partial charge >= 0.3 is 5.97 Å². The molecule has 8 nitrogen and oxygen atoms in total. The number of tetrazole rings is 1.